The minimum atomic E-state index is -4.09. The van der Waals surface area contributed by atoms with Crippen LogP contribution in [0.5, 0.6) is 5.75 Å². The van der Waals surface area contributed by atoms with Crippen LogP contribution in [0.15, 0.2) is 51.8 Å². The summed E-state index contributed by atoms with van der Waals surface area (Å²) in [7, 11) is -4.09. The van der Waals surface area contributed by atoms with Crippen LogP contribution in [0.4, 0.5) is 8.78 Å². The summed E-state index contributed by atoms with van der Waals surface area (Å²) in [5.74, 6) is 3.79. The van der Waals surface area contributed by atoms with Gasteiger partial charge in [0.2, 0.25) is 10.0 Å². The molecule has 2 aromatic carbocycles. The van der Waals surface area contributed by atoms with Gasteiger partial charge in [-0.25, -0.2) is 17.2 Å². The standard InChI is InChI=1S/C16H12BrF2NO3S/c17-12-4-3-5-14(10-12)23-9-2-1-8-20-24(21,22)16-7-6-13(18)11-15(16)19/h3-7,10-11,20H,8-9H2. The van der Waals surface area contributed by atoms with Crippen molar-refractivity contribution >= 4 is 26.0 Å². The Bertz CT molecular complexity index is 892. The topological polar surface area (TPSA) is 55.4 Å². The molecule has 126 valence electrons. The third kappa shape index (κ3) is 5.30. The van der Waals surface area contributed by atoms with Crippen molar-refractivity contribution in [2.24, 2.45) is 0 Å². The maximum atomic E-state index is 13.5. The van der Waals surface area contributed by atoms with E-state index in [4.69, 9.17) is 4.74 Å². The molecule has 0 unspecified atom stereocenters. The van der Waals surface area contributed by atoms with E-state index in [1.54, 1.807) is 18.2 Å². The van der Waals surface area contributed by atoms with Crippen LogP contribution in [0.3, 0.4) is 0 Å². The first-order valence-corrected chi connectivity index (χ1v) is 8.95. The first kappa shape index (κ1) is 18.4. The molecule has 0 amide bonds. The molecule has 0 bridgehead atoms. The predicted octanol–water partition coefficient (Wildman–Crippen LogP) is 3.09. The van der Waals surface area contributed by atoms with E-state index in [1.165, 1.54) is 0 Å². The van der Waals surface area contributed by atoms with Gasteiger partial charge in [-0.1, -0.05) is 33.8 Å². The molecule has 4 nitrogen and oxygen atoms in total. The zero-order valence-electron chi connectivity index (χ0n) is 12.2. The lowest BCUT2D eigenvalue weighted by atomic mass is 10.3. The predicted molar refractivity (Wildman–Crippen MR) is 89.0 cm³/mol. The van der Waals surface area contributed by atoms with E-state index < -0.39 is 26.6 Å². The van der Waals surface area contributed by atoms with E-state index in [0.717, 1.165) is 16.6 Å². The first-order valence-electron chi connectivity index (χ1n) is 6.67. The summed E-state index contributed by atoms with van der Waals surface area (Å²) in [6.07, 6.45) is 0. The summed E-state index contributed by atoms with van der Waals surface area (Å²) < 4.78 is 58.4. The van der Waals surface area contributed by atoms with Gasteiger partial charge in [0.05, 0.1) is 6.54 Å². The summed E-state index contributed by atoms with van der Waals surface area (Å²) in [5, 5.41) is 0. The van der Waals surface area contributed by atoms with Gasteiger partial charge in [0, 0.05) is 10.5 Å². The van der Waals surface area contributed by atoms with Crippen LogP contribution in [0, 0.1) is 23.5 Å². The number of ether oxygens (including phenoxy) is 1. The third-order valence-corrected chi connectivity index (χ3v) is 4.69. The molecule has 2 aromatic rings. The van der Waals surface area contributed by atoms with Crippen LogP contribution in [0.1, 0.15) is 0 Å². The average Bonchev–Trinajstić information content (AvgIpc) is 2.50. The van der Waals surface area contributed by atoms with Gasteiger partial charge in [0.15, 0.2) is 0 Å². The maximum absolute atomic E-state index is 13.5. The Hall–Kier alpha value is -1.95. The lowest BCUT2D eigenvalue weighted by Crippen LogP contribution is -2.25. The molecule has 24 heavy (non-hydrogen) atoms. The molecule has 1 N–H and O–H groups in total. The Morgan fingerprint density at radius 2 is 1.92 bits per heavy atom. The van der Waals surface area contributed by atoms with Gasteiger partial charge in [0.1, 0.15) is 28.9 Å². The average molecular weight is 416 g/mol. The number of benzene rings is 2. The molecule has 8 heteroatoms. The van der Waals surface area contributed by atoms with Crippen LogP contribution < -0.4 is 9.46 Å². The van der Waals surface area contributed by atoms with E-state index in [0.29, 0.717) is 11.8 Å². The number of sulfonamides is 1. The van der Waals surface area contributed by atoms with Crippen molar-refractivity contribution in [1.29, 1.82) is 0 Å². The molecule has 0 fully saturated rings. The first-order chi connectivity index (χ1) is 11.4. The van der Waals surface area contributed by atoms with Crippen LogP contribution in [-0.2, 0) is 10.0 Å². The minimum absolute atomic E-state index is 0.0725. The molecule has 0 saturated heterocycles. The third-order valence-electron chi connectivity index (χ3n) is 2.77. The number of rotatable bonds is 5. The van der Waals surface area contributed by atoms with E-state index in [1.807, 2.05) is 6.07 Å². The Kier molecular flexibility index (Phi) is 6.31. The Morgan fingerprint density at radius 3 is 2.62 bits per heavy atom. The molecule has 0 atom stereocenters. The van der Waals surface area contributed by atoms with E-state index in [-0.39, 0.29) is 13.2 Å². The van der Waals surface area contributed by atoms with Gasteiger partial charge < -0.3 is 4.74 Å². The SMILES string of the molecule is O=S(=O)(NCC#CCOc1cccc(Br)c1)c1ccc(F)cc1F. The van der Waals surface area contributed by atoms with E-state index in [2.05, 4.69) is 32.5 Å². The fraction of sp³-hybridized carbons (Fsp3) is 0.125. The summed E-state index contributed by atoms with van der Waals surface area (Å²) in [6, 6.07) is 9.41. The lowest BCUT2D eigenvalue weighted by Gasteiger charge is -2.05. The molecule has 2 rings (SSSR count). The summed E-state index contributed by atoms with van der Waals surface area (Å²) >= 11 is 3.30. The smallest absolute Gasteiger partial charge is 0.244 e. The summed E-state index contributed by atoms with van der Waals surface area (Å²) in [6.45, 7) is -0.149. The number of halogens is 3. The lowest BCUT2D eigenvalue weighted by molar-refractivity contribution is 0.370. The number of hydrogen-bond donors (Lipinski definition) is 1. The van der Waals surface area contributed by atoms with Crippen molar-refractivity contribution in [1.82, 2.24) is 4.72 Å². The maximum Gasteiger partial charge on any atom is 0.244 e. The number of hydrogen-bond acceptors (Lipinski definition) is 3. The van der Waals surface area contributed by atoms with E-state index in [9.17, 15) is 17.2 Å². The second-order valence-corrected chi connectivity index (χ2v) is 7.15. The highest BCUT2D eigenvalue weighted by molar-refractivity contribution is 9.10. The quantitative estimate of drug-likeness (QED) is 0.763. The highest BCUT2D eigenvalue weighted by Gasteiger charge is 2.18. The summed E-state index contributed by atoms with van der Waals surface area (Å²) in [4.78, 5) is -0.629. The van der Waals surface area contributed by atoms with Gasteiger partial charge in [-0.05, 0) is 30.3 Å². The molecule has 0 heterocycles. The van der Waals surface area contributed by atoms with Gasteiger partial charge in [-0.15, -0.1) is 0 Å². The molecule has 0 radical (unpaired) electrons. The molecule has 0 aliphatic heterocycles. The molecule has 0 aliphatic rings. The zero-order chi connectivity index (χ0) is 17.6. The molecular formula is C16H12BrF2NO3S. The second-order valence-electron chi connectivity index (χ2n) is 4.50. The van der Waals surface area contributed by atoms with Gasteiger partial charge >= 0.3 is 0 Å². The Balaban J connectivity index is 1.87. The Morgan fingerprint density at radius 1 is 1.12 bits per heavy atom. The van der Waals surface area contributed by atoms with Gasteiger partial charge in [-0.2, -0.15) is 4.72 Å². The van der Waals surface area contributed by atoms with Crippen molar-refractivity contribution in [2.75, 3.05) is 13.2 Å². The Labute approximate surface area is 147 Å². The second kappa shape index (κ2) is 8.24. The van der Waals surface area contributed by atoms with Crippen molar-refractivity contribution in [2.45, 2.75) is 4.90 Å². The fourth-order valence-electron chi connectivity index (χ4n) is 1.69. The summed E-state index contributed by atoms with van der Waals surface area (Å²) in [5.41, 5.74) is 0. The van der Waals surface area contributed by atoms with Crippen molar-refractivity contribution in [3.8, 4) is 17.6 Å². The van der Waals surface area contributed by atoms with Crippen molar-refractivity contribution in [3.63, 3.8) is 0 Å². The zero-order valence-corrected chi connectivity index (χ0v) is 14.6. The van der Waals surface area contributed by atoms with Crippen LogP contribution in [-0.4, -0.2) is 21.6 Å². The molecule has 0 spiro atoms. The molecule has 0 aliphatic carbocycles. The van der Waals surface area contributed by atoms with Crippen molar-refractivity contribution in [3.05, 3.63) is 58.6 Å². The van der Waals surface area contributed by atoms with Crippen molar-refractivity contribution < 1.29 is 21.9 Å². The molecular weight excluding hydrogens is 404 g/mol. The van der Waals surface area contributed by atoms with Gasteiger partial charge in [-0.3, -0.25) is 0 Å². The monoisotopic (exact) mass is 415 g/mol. The van der Waals surface area contributed by atoms with Gasteiger partial charge in [0.25, 0.3) is 0 Å². The van der Waals surface area contributed by atoms with Crippen LogP contribution in [0.25, 0.3) is 0 Å². The van der Waals surface area contributed by atoms with Crippen LogP contribution in [0.2, 0.25) is 0 Å². The van der Waals surface area contributed by atoms with Crippen LogP contribution >= 0.6 is 15.9 Å². The largest absolute Gasteiger partial charge is 0.481 e. The molecule has 0 saturated carbocycles. The molecule has 0 aromatic heterocycles. The highest BCUT2D eigenvalue weighted by Crippen LogP contribution is 2.17. The number of nitrogens with one attached hydrogen (secondary N) is 1. The normalized spacial score (nSPS) is 10.8. The van der Waals surface area contributed by atoms with E-state index >= 15 is 0 Å². The minimum Gasteiger partial charge on any atom is -0.481 e. The highest BCUT2D eigenvalue weighted by atomic mass is 79.9. The fourth-order valence-corrected chi connectivity index (χ4v) is 3.05.